The summed E-state index contributed by atoms with van der Waals surface area (Å²) in [5.41, 5.74) is 1.88. The number of aliphatic carboxylic acids is 1. The first-order valence-corrected chi connectivity index (χ1v) is 9.51. The predicted octanol–water partition coefficient (Wildman–Crippen LogP) is 2.09. The number of aliphatic hydroxyl groups is 2. The number of halogens is 1. The number of carboxylic acids is 1. The van der Waals surface area contributed by atoms with Crippen LogP contribution < -0.4 is 5.32 Å². The fourth-order valence-corrected chi connectivity index (χ4v) is 3.08. The Labute approximate surface area is 173 Å². The summed E-state index contributed by atoms with van der Waals surface area (Å²) in [4.78, 5) is 23.0. The monoisotopic (exact) mass is 419 g/mol. The van der Waals surface area contributed by atoms with Gasteiger partial charge in [-0.1, -0.05) is 19.9 Å². The molecule has 2 rings (SSSR count). The van der Waals surface area contributed by atoms with Gasteiger partial charge in [0.2, 0.25) is 0 Å². The van der Waals surface area contributed by atoms with Crippen molar-refractivity contribution < 1.29 is 29.3 Å². The van der Waals surface area contributed by atoms with Crippen molar-refractivity contribution in [3.8, 4) is 5.69 Å². The highest BCUT2D eigenvalue weighted by Gasteiger charge is 2.24. The first-order chi connectivity index (χ1) is 14.1. The lowest BCUT2D eigenvalue weighted by molar-refractivity contribution is -0.139. The second-order valence-corrected chi connectivity index (χ2v) is 7.18. The maximum atomic E-state index is 13.4. The third kappa shape index (κ3) is 5.74. The lowest BCUT2D eigenvalue weighted by Crippen LogP contribution is -2.20. The standard InChI is InChI=1S/C21H26FN3O5/c1-12(2)19-17(9-8-15(26)10-16(27)11-18(28)29)25(24-20(19)21(30)23-3)14-6-4-13(22)5-7-14/h4-9,12,15-16,26-27H,10-11H2,1-3H3,(H,23,30)(H,28,29)/t15-,16-/m1/s1. The average molecular weight is 419 g/mol. The molecule has 0 aliphatic carbocycles. The molecule has 2 atom stereocenters. The number of hydrogen-bond acceptors (Lipinski definition) is 5. The second kappa shape index (κ2) is 10.1. The largest absolute Gasteiger partial charge is 0.481 e. The molecule has 0 aliphatic heterocycles. The van der Waals surface area contributed by atoms with Gasteiger partial charge in [0.1, 0.15) is 5.82 Å². The maximum absolute atomic E-state index is 13.4. The minimum absolute atomic E-state index is 0.0964. The molecule has 0 saturated carbocycles. The zero-order valence-electron chi connectivity index (χ0n) is 17.0. The van der Waals surface area contributed by atoms with Gasteiger partial charge in [-0.2, -0.15) is 5.10 Å². The highest BCUT2D eigenvalue weighted by Crippen LogP contribution is 2.28. The maximum Gasteiger partial charge on any atom is 0.305 e. The molecule has 2 aromatic rings. The molecule has 0 unspecified atom stereocenters. The van der Waals surface area contributed by atoms with Gasteiger partial charge in [-0.25, -0.2) is 9.07 Å². The number of rotatable bonds is 9. The molecule has 0 bridgehead atoms. The lowest BCUT2D eigenvalue weighted by Gasteiger charge is -2.12. The third-order valence-corrected chi connectivity index (χ3v) is 4.45. The Morgan fingerprint density at radius 3 is 2.40 bits per heavy atom. The van der Waals surface area contributed by atoms with Crippen LogP contribution in [0.5, 0.6) is 0 Å². The summed E-state index contributed by atoms with van der Waals surface area (Å²) >= 11 is 0. The Kier molecular flexibility index (Phi) is 7.85. The fourth-order valence-electron chi connectivity index (χ4n) is 3.08. The van der Waals surface area contributed by atoms with Crippen molar-refractivity contribution in [3.05, 3.63) is 53.1 Å². The summed E-state index contributed by atoms with van der Waals surface area (Å²) in [5, 5.41) is 35.6. The summed E-state index contributed by atoms with van der Waals surface area (Å²) < 4.78 is 14.8. The van der Waals surface area contributed by atoms with E-state index in [0.29, 0.717) is 16.9 Å². The molecule has 1 amide bonds. The number of hydrogen-bond donors (Lipinski definition) is 4. The van der Waals surface area contributed by atoms with E-state index >= 15 is 0 Å². The van der Waals surface area contributed by atoms with Gasteiger partial charge in [0, 0.05) is 19.0 Å². The van der Waals surface area contributed by atoms with Crippen LogP contribution in [0.4, 0.5) is 4.39 Å². The smallest absolute Gasteiger partial charge is 0.305 e. The molecule has 1 aromatic heterocycles. The van der Waals surface area contributed by atoms with Crippen LogP contribution in [0, 0.1) is 5.82 Å². The summed E-state index contributed by atoms with van der Waals surface area (Å²) in [5.74, 6) is -2.06. The van der Waals surface area contributed by atoms with Crippen LogP contribution in [0.1, 0.15) is 54.4 Å². The molecule has 8 nitrogen and oxygen atoms in total. The van der Waals surface area contributed by atoms with Crippen molar-refractivity contribution in [2.45, 2.75) is 44.8 Å². The van der Waals surface area contributed by atoms with E-state index in [1.807, 2.05) is 13.8 Å². The number of amides is 1. The molecular weight excluding hydrogens is 393 g/mol. The molecule has 0 spiro atoms. The van der Waals surface area contributed by atoms with E-state index in [4.69, 9.17) is 5.11 Å². The zero-order chi connectivity index (χ0) is 22.4. The highest BCUT2D eigenvalue weighted by molar-refractivity contribution is 5.94. The Bertz CT molecular complexity index is 921. The quantitative estimate of drug-likeness (QED) is 0.493. The van der Waals surface area contributed by atoms with Crippen molar-refractivity contribution >= 4 is 18.0 Å². The zero-order valence-corrected chi connectivity index (χ0v) is 17.0. The van der Waals surface area contributed by atoms with Crippen molar-refractivity contribution in [1.29, 1.82) is 0 Å². The van der Waals surface area contributed by atoms with E-state index in [0.717, 1.165) is 0 Å². The number of nitrogens with zero attached hydrogens (tertiary/aromatic N) is 2. The van der Waals surface area contributed by atoms with Crippen molar-refractivity contribution in [3.63, 3.8) is 0 Å². The van der Waals surface area contributed by atoms with Crippen LogP contribution in [0.3, 0.4) is 0 Å². The number of carbonyl (C=O) groups is 2. The van der Waals surface area contributed by atoms with Crippen LogP contribution in [0.15, 0.2) is 30.3 Å². The van der Waals surface area contributed by atoms with Crippen LogP contribution in [0.2, 0.25) is 0 Å². The fraction of sp³-hybridized carbons (Fsp3) is 0.381. The van der Waals surface area contributed by atoms with Gasteiger partial charge in [0.25, 0.3) is 5.91 Å². The summed E-state index contributed by atoms with van der Waals surface area (Å²) in [7, 11) is 1.49. The minimum atomic E-state index is -1.20. The number of benzene rings is 1. The molecule has 1 aromatic carbocycles. The van der Waals surface area contributed by atoms with Gasteiger partial charge < -0.3 is 20.6 Å². The van der Waals surface area contributed by atoms with Crippen LogP contribution in [0.25, 0.3) is 11.8 Å². The van der Waals surface area contributed by atoms with Crippen molar-refractivity contribution in [2.75, 3.05) is 7.05 Å². The molecular formula is C21H26FN3O5. The molecule has 0 radical (unpaired) electrons. The number of nitrogens with one attached hydrogen (secondary N) is 1. The third-order valence-electron chi connectivity index (χ3n) is 4.45. The Hall–Kier alpha value is -3.04. The Morgan fingerprint density at radius 1 is 1.23 bits per heavy atom. The normalized spacial score (nSPS) is 13.6. The molecule has 30 heavy (non-hydrogen) atoms. The van der Waals surface area contributed by atoms with Crippen LogP contribution in [-0.2, 0) is 4.79 Å². The molecule has 4 N–H and O–H groups in total. The van der Waals surface area contributed by atoms with Crippen molar-refractivity contribution in [1.82, 2.24) is 15.1 Å². The number of aromatic nitrogens is 2. The van der Waals surface area contributed by atoms with Crippen molar-refractivity contribution in [2.24, 2.45) is 0 Å². The SMILES string of the molecule is CNC(=O)c1nn(-c2ccc(F)cc2)c(C=C[C@@H](O)C[C@@H](O)CC(=O)O)c1C(C)C. The molecule has 9 heteroatoms. The number of aliphatic hydroxyl groups excluding tert-OH is 2. The molecule has 0 saturated heterocycles. The van der Waals surface area contributed by atoms with Gasteiger partial charge >= 0.3 is 5.97 Å². The summed E-state index contributed by atoms with van der Waals surface area (Å²) in [6, 6.07) is 5.58. The van der Waals surface area contributed by atoms with E-state index in [1.54, 1.807) is 6.08 Å². The van der Waals surface area contributed by atoms with E-state index < -0.39 is 30.4 Å². The van der Waals surface area contributed by atoms with Gasteiger partial charge in [0.15, 0.2) is 5.69 Å². The topological polar surface area (TPSA) is 125 Å². The van der Waals surface area contributed by atoms with Crippen LogP contribution in [-0.4, -0.2) is 56.2 Å². The molecule has 162 valence electrons. The highest BCUT2D eigenvalue weighted by atomic mass is 19.1. The van der Waals surface area contributed by atoms with E-state index in [1.165, 1.54) is 42.1 Å². The van der Waals surface area contributed by atoms with E-state index in [-0.39, 0.29) is 23.9 Å². The number of carbonyl (C=O) groups excluding carboxylic acids is 1. The summed E-state index contributed by atoms with van der Waals surface area (Å²) in [6.07, 6.45) is 0.0239. The predicted molar refractivity (Wildman–Crippen MR) is 109 cm³/mol. The van der Waals surface area contributed by atoms with Gasteiger partial charge in [0.05, 0.1) is 30.0 Å². The van der Waals surface area contributed by atoms with Crippen LogP contribution >= 0.6 is 0 Å². The average Bonchev–Trinajstić information content (AvgIpc) is 3.05. The first-order valence-electron chi connectivity index (χ1n) is 9.51. The molecule has 0 aliphatic rings. The second-order valence-electron chi connectivity index (χ2n) is 7.18. The van der Waals surface area contributed by atoms with Gasteiger partial charge in [-0.15, -0.1) is 0 Å². The van der Waals surface area contributed by atoms with Gasteiger partial charge in [-0.3, -0.25) is 9.59 Å². The summed E-state index contributed by atoms with van der Waals surface area (Å²) in [6.45, 7) is 3.78. The first kappa shape index (κ1) is 23.2. The number of carboxylic acid groups (broad SMARTS) is 1. The van der Waals surface area contributed by atoms with E-state index in [9.17, 15) is 24.2 Å². The minimum Gasteiger partial charge on any atom is -0.481 e. The molecule has 0 fully saturated rings. The van der Waals surface area contributed by atoms with Gasteiger partial charge in [-0.05, 0) is 36.3 Å². The Morgan fingerprint density at radius 2 is 1.87 bits per heavy atom. The molecule has 1 heterocycles. The Balaban J connectivity index is 2.49. The lowest BCUT2D eigenvalue weighted by atomic mass is 9.98. The van der Waals surface area contributed by atoms with E-state index in [2.05, 4.69) is 10.4 Å².